The number of anilines is 5. The number of benzene rings is 4. The Morgan fingerprint density at radius 2 is 1.65 bits per heavy atom. The smallest absolute Gasteiger partial charge is 0.234 e. The van der Waals surface area contributed by atoms with Crippen molar-refractivity contribution in [2.24, 2.45) is 10.2 Å². The molecule has 238 valence electrons. The molecule has 0 fully saturated rings. The van der Waals surface area contributed by atoms with E-state index in [1.54, 1.807) is 24.0 Å². The molecule has 1 heterocycles. The van der Waals surface area contributed by atoms with E-state index < -0.39 is 9.84 Å². The van der Waals surface area contributed by atoms with E-state index in [4.69, 9.17) is 10.7 Å². The average molecular weight is 639 g/mol. The van der Waals surface area contributed by atoms with E-state index in [9.17, 15) is 13.5 Å². The van der Waals surface area contributed by atoms with Gasteiger partial charge in [-0.1, -0.05) is 37.3 Å². The first-order valence-corrected chi connectivity index (χ1v) is 16.8. The first kappa shape index (κ1) is 32.3. The summed E-state index contributed by atoms with van der Waals surface area (Å²) in [5.41, 5.74) is 11.9. The lowest BCUT2D eigenvalue weighted by molar-refractivity contribution is 0.481. The van der Waals surface area contributed by atoms with Crippen molar-refractivity contribution >= 4 is 60.9 Å². The molecule has 12 heteroatoms. The van der Waals surface area contributed by atoms with Crippen LogP contribution in [-0.4, -0.2) is 46.5 Å². The molecule has 4 aromatic carbocycles. The molecule has 0 unspecified atom stereocenters. The highest BCUT2D eigenvalue weighted by Gasteiger charge is 2.19. The van der Waals surface area contributed by atoms with Crippen LogP contribution in [0.25, 0.3) is 10.8 Å². The lowest BCUT2D eigenvalue weighted by Crippen LogP contribution is -2.28. The van der Waals surface area contributed by atoms with Gasteiger partial charge in [0.2, 0.25) is 11.9 Å². The molecule has 0 aliphatic carbocycles. The fourth-order valence-electron chi connectivity index (χ4n) is 5.20. The second kappa shape index (κ2) is 13.5. The number of azo groups is 1. The van der Waals surface area contributed by atoms with Crippen molar-refractivity contribution in [3.63, 3.8) is 0 Å². The Balaban J connectivity index is 1.44. The van der Waals surface area contributed by atoms with Gasteiger partial charge in [0.05, 0.1) is 22.5 Å². The number of phenolic OH excluding ortho intramolecular Hbond substituents is 1. The zero-order chi connectivity index (χ0) is 33.0. The topological polar surface area (TPSA) is 159 Å². The molecule has 0 spiro atoms. The van der Waals surface area contributed by atoms with Gasteiger partial charge in [0, 0.05) is 23.7 Å². The summed E-state index contributed by atoms with van der Waals surface area (Å²) in [6.07, 6.45) is 0.562. The number of para-hydroxylation sites is 1. The SMILES string of the molecule is CCCS(=O)(=O)CCN(c1ccccc1)c1nc(C)nc(Nc2cc(C)c(N=Nc3c(N)ccc4cc(C)cc(O)c34)cc2C)n1. The number of sulfone groups is 1. The summed E-state index contributed by atoms with van der Waals surface area (Å²) in [5.74, 6) is 1.36. The molecule has 4 N–H and O–H groups in total. The maximum atomic E-state index is 12.6. The van der Waals surface area contributed by atoms with Crippen LogP contribution in [0.15, 0.2) is 77.0 Å². The molecule has 0 aliphatic rings. The molecule has 0 aliphatic heterocycles. The van der Waals surface area contributed by atoms with Crippen LogP contribution < -0.4 is 16.0 Å². The number of nitrogens with two attached hydrogens (primary N) is 1. The van der Waals surface area contributed by atoms with Gasteiger partial charge in [0.1, 0.15) is 17.3 Å². The van der Waals surface area contributed by atoms with E-state index >= 15 is 0 Å². The minimum Gasteiger partial charge on any atom is -0.507 e. The first-order chi connectivity index (χ1) is 21.9. The maximum Gasteiger partial charge on any atom is 0.234 e. The van der Waals surface area contributed by atoms with Crippen LogP contribution in [0, 0.1) is 27.7 Å². The number of aromatic nitrogens is 3. The van der Waals surface area contributed by atoms with E-state index in [0.717, 1.165) is 33.5 Å². The number of aromatic hydroxyl groups is 1. The predicted molar refractivity (Wildman–Crippen MR) is 185 cm³/mol. The molecule has 0 saturated carbocycles. The Hall–Kier alpha value is -5.10. The maximum absolute atomic E-state index is 12.6. The molecule has 0 bridgehead atoms. The van der Waals surface area contributed by atoms with Gasteiger partial charge >= 0.3 is 0 Å². The van der Waals surface area contributed by atoms with Gasteiger partial charge in [-0.3, -0.25) is 0 Å². The third-order valence-corrected chi connectivity index (χ3v) is 9.31. The standard InChI is InChI=1S/C34H38N8O3S/c1-6-15-46(44,45)16-14-42(26-10-8-7-9-11-26)34-37-24(5)36-33(39-34)38-28-19-23(4)29(20-22(28)3)40-41-32-27(35)13-12-25-17-21(2)18-30(43)31(25)32/h7-13,17-20,43H,6,14-16,35H2,1-5H3,(H,36,37,38,39). The predicted octanol–water partition coefficient (Wildman–Crippen LogP) is 7.67. The van der Waals surface area contributed by atoms with Crippen molar-refractivity contribution in [1.29, 1.82) is 0 Å². The van der Waals surface area contributed by atoms with Crippen LogP contribution in [0.1, 0.15) is 35.9 Å². The molecule has 0 amide bonds. The largest absolute Gasteiger partial charge is 0.507 e. The van der Waals surface area contributed by atoms with Crippen LogP contribution in [0.5, 0.6) is 5.75 Å². The summed E-state index contributed by atoms with van der Waals surface area (Å²) in [4.78, 5) is 15.6. The summed E-state index contributed by atoms with van der Waals surface area (Å²) >= 11 is 0. The fraction of sp³-hybridized carbons (Fsp3) is 0.265. The minimum absolute atomic E-state index is 0.0266. The Kier molecular flexibility index (Phi) is 9.47. The number of nitrogen functional groups attached to an aromatic ring is 1. The number of fused-ring (bicyclic) bond motifs is 1. The molecule has 0 atom stereocenters. The Morgan fingerprint density at radius 3 is 2.39 bits per heavy atom. The molecule has 0 saturated heterocycles. The zero-order valence-electron chi connectivity index (χ0n) is 26.6. The normalized spacial score (nSPS) is 11.8. The summed E-state index contributed by atoms with van der Waals surface area (Å²) in [6.45, 7) is 9.60. The number of phenols is 1. The number of nitrogens with one attached hydrogen (secondary N) is 1. The lowest BCUT2D eigenvalue weighted by atomic mass is 10.0. The summed E-state index contributed by atoms with van der Waals surface area (Å²) in [6, 6.07) is 20.6. The number of hydrogen-bond donors (Lipinski definition) is 3. The zero-order valence-corrected chi connectivity index (χ0v) is 27.4. The van der Waals surface area contributed by atoms with Crippen molar-refractivity contribution in [3.8, 4) is 5.75 Å². The Labute approximate surface area is 269 Å². The molecule has 5 aromatic rings. The van der Waals surface area contributed by atoms with E-state index in [1.807, 2.05) is 82.3 Å². The highest BCUT2D eigenvalue weighted by atomic mass is 32.2. The summed E-state index contributed by atoms with van der Waals surface area (Å²) < 4.78 is 25.1. The van der Waals surface area contributed by atoms with Crippen molar-refractivity contribution in [2.45, 2.75) is 41.0 Å². The molecular formula is C34H38N8O3S. The van der Waals surface area contributed by atoms with Crippen molar-refractivity contribution in [1.82, 2.24) is 15.0 Å². The van der Waals surface area contributed by atoms with E-state index in [-0.39, 0.29) is 23.8 Å². The Morgan fingerprint density at radius 1 is 0.891 bits per heavy atom. The van der Waals surface area contributed by atoms with E-state index in [1.165, 1.54) is 0 Å². The van der Waals surface area contributed by atoms with Crippen LogP contribution in [0.2, 0.25) is 0 Å². The van der Waals surface area contributed by atoms with E-state index in [2.05, 4.69) is 25.5 Å². The quantitative estimate of drug-likeness (QED) is 0.0974. The third-order valence-electron chi connectivity index (χ3n) is 7.48. The van der Waals surface area contributed by atoms with Crippen LogP contribution in [0.3, 0.4) is 0 Å². The van der Waals surface area contributed by atoms with Crippen LogP contribution >= 0.6 is 0 Å². The van der Waals surface area contributed by atoms with Gasteiger partial charge in [0.25, 0.3) is 0 Å². The average Bonchev–Trinajstić information content (AvgIpc) is 2.99. The molecular weight excluding hydrogens is 600 g/mol. The number of rotatable bonds is 11. The van der Waals surface area contributed by atoms with Gasteiger partial charge in [-0.2, -0.15) is 20.1 Å². The van der Waals surface area contributed by atoms with Gasteiger partial charge in [-0.05, 0) is 92.6 Å². The monoisotopic (exact) mass is 638 g/mol. The molecule has 5 rings (SSSR count). The highest BCUT2D eigenvalue weighted by Crippen LogP contribution is 2.40. The van der Waals surface area contributed by atoms with E-state index in [0.29, 0.717) is 46.6 Å². The lowest BCUT2D eigenvalue weighted by Gasteiger charge is -2.23. The number of aryl methyl sites for hydroxylation is 4. The van der Waals surface area contributed by atoms with Crippen LogP contribution in [0.4, 0.5) is 40.3 Å². The number of nitrogens with zero attached hydrogens (tertiary/aromatic N) is 6. The number of hydrogen-bond acceptors (Lipinski definition) is 11. The third kappa shape index (κ3) is 7.40. The first-order valence-electron chi connectivity index (χ1n) is 15.0. The fourth-order valence-corrected chi connectivity index (χ4v) is 6.49. The van der Waals surface area contributed by atoms with Crippen molar-refractivity contribution in [3.05, 3.63) is 89.2 Å². The van der Waals surface area contributed by atoms with Crippen molar-refractivity contribution < 1.29 is 13.5 Å². The van der Waals surface area contributed by atoms with Gasteiger partial charge in [0.15, 0.2) is 9.84 Å². The highest BCUT2D eigenvalue weighted by molar-refractivity contribution is 7.91. The second-order valence-electron chi connectivity index (χ2n) is 11.3. The van der Waals surface area contributed by atoms with Gasteiger partial charge in [-0.25, -0.2) is 8.42 Å². The molecule has 46 heavy (non-hydrogen) atoms. The Bertz CT molecular complexity index is 2030. The van der Waals surface area contributed by atoms with Gasteiger partial charge in [-0.15, -0.1) is 5.11 Å². The minimum atomic E-state index is -3.23. The molecule has 11 nitrogen and oxygen atoms in total. The summed E-state index contributed by atoms with van der Waals surface area (Å²) in [7, 11) is -3.23. The van der Waals surface area contributed by atoms with Gasteiger partial charge < -0.3 is 21.1 Å². The summed E-state index contributed by atoms with van der Waals surface area (Å²) in [5, 5.41) is 24.3. The second-order valence-corrected chi connectivity index (χ2v) is 13.6. The molecule has 1 aromatic heterocycles. The molecule has 0 radical (unpaired) electrons. The van der Waals surface area contributed by atoms with Crippen LogP contribution in [-0.2, 0) is 9.84 Å². The van der Waals surface area contributed by atoms with Crippen molar-refractivity contribution in [2.75, 3.05) is 34.0 Å².